The molecule has 1 aromatic carbocycles. The number of carbonyl (C=O) groups excluding carboxylic acids is 4. The fourth-order valence-corrected chi connectivity index (χ4v) is 9.39. The van der Waals surface area contributed by atoms with E-state index < -0.39 is 47.6 Å². The van der Waals surface area contributed by atoms with Crippen molar-refractivity contribution in [1.82, 2.24) is 25.5 Å². The first-order valence-electron chi connectivity index (χ1n) is 20.0. The molecule has 14 nitrogen and oxygen atoms in total. The highest BCUT2D eigenvalue weighted by Crippen LogP contribution is 2.46. The number of para-hydroxylation sites is 1. The van der Waals surface area contributed by atoms with Crippen LogP contribution in [0.5, 0.6) is 5.75 Å². The lowest BCUT2D eigenvalue weighted by molar-refractivity contribution is -0.145. The van der Waals surface area contributed by atoms with Crippen LogP contribution < -0.4 is 20.7 Å². The van der Waals surface area contributed by atoms with E-state index in [1.807, 2.05) is 48.9 Å². The highest BCUT2D eigenvalue weighted by molar-refractivity contribution is 7.98. The van der Waals surface area contributed by atoms with Gasteiger partial charge in [0.2, 0.25) is 17.7 Å². The Balaban J connectivity index is 1.20. The van der Waals surface area contributed by atoms with E-state index in [1.165, 1.54) is 28.0 Å². The van der Waals surface area contributed by atoms with Crippen molar-refractivity contribution in [2.45, 2.75) is 125 Å². The molecule has 4 amide bonds. The number of carboxylic acids is 1. The largest absolute Gasteiger partial charge is 0.488 e. The van der Waals surface area contributed by atoms with Gasteiger partial charge in [0.1, 0.15) is 41.3 Å². The summed E-state index contributed by atoms with van der Waals surface area (Å²) in [6.45, 7) is 1.95. The van der Waals surface area contributed by atoms with Crippen molar-refractivity contribution in [3.8, 4) is 17.1 Å². The zero-order valence-electron chi connectivity index (χ0n) is 32.3. The van der Waals surface area contributed by atoms with Crippen molar-refractivity contribution in [2.24, 2.45) is 5.92 Å². The van der Waals surface area contributed by atoms with Crippen LogP contribution in [0.2, 0.25) is 0 Å². The fourth-order valence-electron chi connectivity index (χ4n) is 8.10. The lowest BCUT2D eigenvalue weighted by Gasteiger charge is -2.29. The molecule has 2 aliphatic carbocycles. The Morgan fingerprint density at radius 3 is 2.65 bits per heavy atom. The van der Waals surface area contributed by atoms with Gasteiger partial charge in [0.05, 0.1) is 17.8 Å². The van der Waals surface area contributed by atoms with Gasteiger partial charge in [-0.3, -0.25) is 14.4 Å². The molecule has 0 bridgehead atoms. The minimum absolute atomic E-state index is 0.0157. The maximum absolute atomic E-state index is 14.6. The molecule has 304 valence electrons. The van der Waals surface area contributed by atoms with Crippen LogP contribution in [0.25, 0.3) is 22.3 Å². The number of benzene rings is 1. The second-order valence-electron chi connectivity index (χ2n) is 15.3. The van der Waals surface area contributed by atoms with E-state index in [4.69, 9.17) is 14.5 Å². The SMILES string of the molecule is CCCC(=O)Nc1nc(-c2cc(O[C@@H]3C[C@H]4C(=O)N[C@]5(C(=O)O)C[C@@H]5/C=C\CCCCC[C@@H](NC(=O)OC5CCCC5)C(=O)N4C3)c3cccc(SC)c3n2)cs1. The van der Waals surface area contributed by atoms with E-state index in [0.717, 1.165) is 55.2 Å². The molecule has 7 rings (SSSR count). The number of nitrogens with one attached hydrogen (secondary N) is 3. The van der Waals surface area contributed by atoms with Gasteiger partial charge in [-0.2, -0.15) is 0 Å². The molecule has 4 N–H and O–H groups in total. The number of nitrogens with zero attached hydrogens (tertiary/aromatic N) is 3. The number of thioether (sulfide) groups is 1. The first kappa shape index (κ1) is 40.5. The number of hydrogen-bond acceptors (Lipinski definition) is 11. The van der Waals surface area contributed by atoms with Gasteiger partial charge in [-0.25, -0.2) is 19.6 Å². The minimum atomic E-state index is -1.46. The molecule has 1 saturated heterocycles. The standard InChI is InChI=1S/C41H50N6O8S2/c1-3-12-34(48)45-39-43-30(23-57-39)29-20-32(27-16-11-18-33(56-2)35(27)42-29)54-26-19-31-36(49)46-41(38(51)52)21-24(41)13-7-5-4-6-8-17-28(37(50)47(31)22-26)44-40(53)55-25-14-9-10-15-25/h7,11,13,16,18,20,23-26,28,31H,3-6,8-10,12,14-15,17,19,21-22H2,1-2H3,(H,44,53)(H,46,49)(H,51,52)(H,43,45,48)/b13-7-/t24-,26+,28+,31-,41+/m0/s1. The number of fused-ring (bicyclic) bond motifs is 3. The predicted molar refractivity (Wildman–Crippen MR) is 217 cm³/mol. The summed E-state index contributed by atoms with van der Waals surface area (Å²) >= 11 is 2.83. The van der Waals surface area contributed by atoms with Crippen LogP contribution >= 0.6 is 23.1 Å². The maximum Gasteiger partial charge on any atom is 0.408 e. The number of aliphatic carboxylic acids is 1. The first-order valence-corrected chi connectivity index (χ1v) is 22.1. The van der Waals surface area contributed by atoms with Crippen LogP contribution in [0.4, 0.5) is 9.93 Å². The van der Waals surface area contributed by atoms with E-state index in [1.54, 1.807) is 6.07 Å². The minimum Gasteiger partial charge on any atom is -0.488 e. The predicted octanol–water partition coefficient (Wildman–Crippen LogP) is 6.68. The highest BCUT2D eigenvalue weighted by atomic mass is 32.2. The van der Waals surface area contributed by atoms with Gasteiger partial charge in [0.25, 0.3) is 0 Å². The zero-order chi connectivity index (χ0) is 40.1. The molecule has 16 heteroatoms. The Morgan fingerprint density at radius 1 is 1.07 bits per heavy atom. The van der Waals surface area contributed by atoms with Gasteiger partial charge in [0, 0.05) is 40.5 Å². The monoisotopic (exact) mass is 818 g/mol. The van der Waals surface area contributed by atoms with Gasteiger partial charge in [-0.1, -0.05) is 38.0 Å². The Bertz CT molecular complexity index is 2030. The summed E-state index contributed by atoms with van der Waals surface area (Å²) in [5.41, 5.74) is 0.296. The lowest BCUT2D eigenvalue weighted by Crippen LogP contribution is -2.56. The number of thiazole rings is 1. The van der Waals surface area contributed by atoms with Crippen molar-refractivity contribution in [3.05, 3.63) is 41.8 Å². The van der Waals surface area contributed by atoms with Crippen LogP contribution in [-0.2, 0) is 23.9 Å². The number of allylic oxidation sites excluding steroid dienone is 1. The molecule has 4 aliphatic rings. The summed E-state index contributed by atoms with van der Waals surface area (Å²) in [5.74, 6) is -2.16. The molecule has 0 spiro atoms. The molecule has 4 heterocycles. The van der Waals surface area contributed by atoms with Gasteiger partial charge in [-0.15, -0.1) is 23.1 Å². The van der Waals surface area contributed by atoms with Crippen molar-refractivity contribution in [3.63, 3.8) is 0 Å². The van der Waals surface area contributed by atoms with E-state index >= 15 is 0 Å². The third-order valence-corrected chi connectivity index (χ3v) is 12.8. The number of hydrogen-bond donors (Lipinski definition) is 4. The number of amides is 4. The molecule has 2 aromatic heterocycles. The van der Waals surface area contributed by atoms with E-state index in [-0.39, 0.29) is 37.3 Å². The number of ether oxygens (including phenoxy) is 2. The van der Waals surface area contributed by atoms with E-state index in [0.29, 0.717) is 53.5 Å². The fraction of sp³-hybridized carbons (Fsp3) is 0.537. The Labute approximate surface area is 339 Å². The number of rotatable bonds is 10. The summed E-state index contributed by atoms with van der Waals surface area (Å²) in [5, 5.41) is 21.8. The molecule has 0 unspecified atom stereocenters. The number of pyridine rings is 1. The smallest absolute Gasteiger partial charge is 0.408 e. The Hall–Kier alpha value is -4.70. The number of carboxylic acid groups (broad SMARTS) is 1. The molecular formula is C41H50N6O8S2. The number of aromatic nitrogens is 2. The van der Waals surface area contributed by atoms with Crippen molar-refractivity contribution in [2.75, 3.05) is 18.1 Å². The molecule has 57 heavy (non-hydrogen) atoms. The Morgan fingerprint density at radius 2 is 1.88 bits per heavy atom. The average Bonchev–Trinajstić information content (AvgIpc) is 3.62. The van der Waals surface area contributed by atoms with Gasteiger partial charge in [0.15, 0.2) is 5.13 Å². The normalized spacial score (nSPS) is 26.0. The summed E-state index contributed by atoms with van der Waals surface area (Å²) in [7, 11) is 0. The molecule has 2 saturated carbocycles. The van der Waals surface area contributed by atoms with Crippen LogP contribution in [-0.4, -0.2) is 92.4 Å². The van der Waals surface area contributed by atoms with Crippen LogP contribution in [0.3, 0.4) is 0 Å². The number of alkyl carbamates (subject to hydrolysis) is 1. The topological polar surface area (TPSA) is 189 Å². The second kappa shape index (κ2) is 17.8. The lowest BCUT2D eigenvalue weighted by atomic mass is 10.0. The average molecular weight is 819 g/mol. The third-order valence-electron chi connectivity index (χ3n) is 11.3. The third kappa shape index (κ3) is 9.22. The van der Waals surface area contributed by atoms with Crippen molar-refractivity contribution < 1.29 is 38.6 Å². The second-order valence-corrected chi connectivity index (χ2v) is 17.0. The Kier molecular flexibility index (Phi) is 12.7. The first-order chi connectivity index (χ1) is 27.6. The highest BCUT2D eigenvalue weighted by Gasteiger charge is 2.61. The maximum atomic E-state index is 14.6. The number of carbonyl (C=O) groups is 5. The van der Waals surface area contributed by atoms with Crippen LogP contribution in [0.1, 0.15) is 90.4 Å². The molecule has 3 aromatic rings. The molecule has 3 fully saturated rings. The van der Waals surface area contributed by atoms with Gasteiger partial charge in [-0.05, 0) is 76.2 Å². The summed E-state index contributed by atoms with van der Waals surface area (Å²) in [6, 6.07) is 5.54. The van der Waals surface area contributed by atoms with E-state index in [9.17, 15) is 29.1 Å². The van der Waals surface area contributed by atoms with Crippen LogP contribution in [0, 0.1) is 5.92 Å². The molecule has 0 radical (unpaired) electrons. The summed E-state index contributed by atoms with van der Waals surface area (Å²) in [4.78, 5) is 78.8. The molecule has 2 aliphatic heterocycles. The summed E-state index contributed by atoms with van der Waals surface area (Å²) < 4.78 is 12.4. The van der Waals surface area contributed by atoms with Crippen molar-refractivity contribution in [1.29, 1.82) is 0 Å². The van der Waals surface area contributed by atoms with Gasteiger partial charge < -0.3 is 35.4 Å². The zero-order valence-corrected chi connectivity index (χ0v) is 33.9. The van der Waals surface area contributed by atoms with Gasteiger partial charge >= 0.3 is 12.1 Å². The van der Waals surface area contributed by atoms with Crippen LogP contribution in [0.15, 0.2) is 46.7 Å². The molecular weight excluding hydrogens is 769 g/mol. The summed E-state index contributed by atoms with van der Waals surface area (Å²) in [6.07, 6.45) is 12.6. The van der Waals surface area contributed by atoms with E-state index in [2.05, 4.69) is 20.9 Å². The number of anilines is 1. The van der Waals surface area contributed by atoms with Crippen molar-refractivity contribution >= 4 is 68.9 Å². The molecule has 5 atom stereocenters. The quantitative estimate of drug-likeness (QED) is 0.126.